The van der Waals surface area contributed by atoms with E-state index in [9.17, 15) is 35.6 Å². The zero-order valence-corrected chi connectivity index (χ0v) is 22.2. The molecule has 0 heterocycles. The van der Waals surface area contributed by atoms with Crippen molar-refractivity contribution in [3.8, 4) is 0 Å². The highest BCUT2D eigenvalue weighted by molar-refractivity contribution is 7.92. The van der Waals surface area contributed by atoms with Gasteiger partial charge in [-0.2, -0.15) is 13.2 Å². The monoisotopic (exact) mass is 565 g/mol. The molecule has 0 aromatic heterocycles. The van der Waals surface area contributed by atoms with Crippen molar-refractivity contribution in [3.63, 3.8) is 0 Å². The third kappa shape index (κ3) is 8.32. The van der Waals surface area contributed by atoms with Crippen molar-refractivity contribution in [2.45, 2.75) is 39.5 Å². The number of hydrogen-bond acceptors (Lipinski definition) is 4. The molecule has 0 aliphatic heterocycles. The van der Waals surface area contributed by atoms with Gasteiger partial charge in [-0.3, -0.25) is 13.9 Å². The van der Waals surface area contributed by atoms with Gasteiger partial charge in [0.2, 0.25) is 21.8 Å². The van der Waals surface area contributed by atoms with E-state index in [0.717, 1.165) is 17.0 Å². The number of halogens is 5. The van der Waals surface area contributed by atoms with Crippen LogP contribution in [0, 0.1) is 11.7 Å². The van der Waals surface area contributed by atoms with E-state index in [0.29, 0.717) is 29.2 Å². The number of hydrogen-bond donors (Lipinski definition) is 1. The Morgan fingerprint density at radius 3 is 2.24 bits per heavy atom. The first-order valence-corrected chi connectivity index (χ1v) is 13.4. The number of benzene rings is 2. The highest BCUT2D eigenvalue weighted by Gasteiger charge is 2.34. The highest BCUT2D eigenvalue weighted by atomic mass is 35.5. The zero-order valence-electron chi connectivity index (χ0n) is 20.6. The number of carbonyl (C=O) groups is 2. The van der Waals surface area contributed by atoms with Gasteiger partial charge in [0.25, 0.3) is 0 Å². The second kappa shape index (κ2) is 12.1. The van der Waals surface area contributed by atoms with Crippen molar-refractivity contribution < 1.29 is 35.6 Å². The lowest BCUT2D eigenvalue weighted by molar-refractivity contribution is -0.139. The van der Waals surface area contributed by atoms with E-state index < -0.39 is 64.2 Å². The molecule has 0 spiro atoms. The maximum atomic E-state index is 14.4. The molecule has 0 saturated carbocycles. The fourth-order valence-corrected chi connectivity index (χ4v) is 4.44. The summed E-state index contributed by atoms with van der Waals surface area (Å²) < 4.78 is 79.8. The number of nitrogens with zero attached hydrogens (tertiary/aromatic N) is 2. The fraction of sp³-hybridized carbons (Fsp3) is 0.417. The molecular weight excluding hydrogens is 538 g/mol. The molecule has 2 amide bonds. The van der Waals surface area contributed by atoms with E-state index in [-0.39, 0.29) is 16.5 Å². The summed E-state index contributed by atoms with van der Waals surface area (Å²) in [5.41, 5.74) is -1.67. The van der Waals surface area contributed by atoms with Gasteiger partial charge in [-0.25, -0.2) is 12.8 Å². The fourth-order valence-electron chi connectivity index (χ4n) is 3.32. The minimum Gasteiger partial charge on any atom is -0.354 e. The molecule has 1 N–H and O–H groups in total. The summed E-state index contributed by atoms with van der Waals surface area (Å²) in [5, 5.41) is 2.32. The van der Waals surface area contributed by atoms with Gasteiger partial charge in [-0.15, -0.1) is 0 Å². The van der Waals surface area contributed by atoms with E-state index in [1.165, 1.54) is 25.1 Å². The summed E-state index contributed by atoms with van der Waals surface area (Å²) in [6.07, 6.45) is -4.09. The van der Waals surface area contributed by atoms with Crippen LogP contribution in [0.1, 0.15) is 31.9 Å². The molecule has 2 aromatic carbocycles. The van der Waals surface area contributed by atoms with Gasteiger partial charge in [-0.1, -0.05) is 43.6 Å². The number of amides is 2. The van der Waals surface area contributed by atoms with Gasteiger partial charge >= 0.3 is 6.18 Å². The van der Waals surface area contributed by atoms with Crippen LogP contribution in [-0.4, -0.2) is 50.5 Å². The molecule has 37 heavy (non-hydrogen) atoms. The van der Waals surface area contributed by atoms with Gasteiger partial charge in [-0.05, 0) is 37.1 Å². The van der Waals surface area contributed by atoms with Crippen molar-refractivity contribution in [2.75, 3.05) is 23.7 Å². The standard InChI is InChI=1S/C24H28ClF4N3O4S/c1-15(2)12-30-23(34)16(3)31(13-17-7-5-6-8-20(17)26)22(33)14-32(37(4,35)36)21-11-18(24(27,28)29)9-10-19(21)25/h5-11,15-16H,12-14H2,1-4H3,(H,30,34)/t16-/m0/s1. The Morgan fingerprint density at radius 1 is 1.08 bits per heavy atom. The van der Waals surface area contributed by atoms with Crippen LogP contribution in [0.15, 0.2) is 42.5 Å². The summed E-state index contributed by atoms with van der Waals surface area (Å²) >= 11 is 6.03. The van der Waals surface area contributed by atoms with Crippen molar-refractivity contribution in [2.24, 2.45) is 5.92 Å². The number of sulfonamides is 1. The highest BCUT2D eigenvalue weighted by Crippen LogP contribution is 2.36. The maximum Gasteiger partial charge on any atom is 0.416 e. The number of anilines is 1. The van der Waals surface area contributed by atoms with Crippen molar-refractivity contribution in [1.29, 1.82) is 0 Å². The molecular formula is C24H28ClF4N3O4S. The van der Waals surface area contributed by atoms with E-state index in [2.05, 4.69) is 5.32 Å². The SMILES string of the molecule is CC(C)CNC(=O)[C@H](C)N(Cc1ccccc1F)C(=O)CN(c1cc(C(F)(F)F)ccc1Cl)S(C)(=O)=O. The molecule has 0 bridgehead atoms. The van der Waals surface area contributed by atoms with E-state index in [4.69, 9.17) is 11.6 Å². The van der Waals surface area contributed by atoms with Gasteiger partial charge in [0.05, 0.1) is 22.5 Å². The molecule has 2 rings (SSSR count). The summed E-state index contributed by atoms with van der Waals surface area (Å²) in [6, 6.07) is 6.43. The number of rotatable bonds is 10. The third-order valence-electron chi connectivity index (χ3n) is 5.37. The minimum atomic E-state index is -4.80. The van der Waals surface area contributed by atoms with E-state index in [1.807, 2.05) is 13.8 Å². The van der Waals surface area contributed by atoms with Crippen LogP contribution in [0.5, 0.6) is 0 Å². The molecule has 0 aliphatic carbocycles. The molecule has 0 radical (unpaired) electrons. The Morgan fingerprint density at radius 2 is 1.70 bits per heavy atom. The lowest BCUT2D eigenvalue weighted by Crippen LogP contribution is -2.51. The largest absolute Gasteiger partial charge is 0.416 e. The Balaban J connectivity index is 2.49. The van der Waals surface area contributed by atoms with Crippen LogP contribution in [0.4, 0.5) is 23.2 Å². The quantitative estimate of drug-likeness (QED) is 0.431. The predicted octanol–water partition coefficient (Wildman–Crippen LogP) is 4.45. The van der Waals surface area contributed by atoms with Crippen LogP contribution >= 0.6 is 11.6 Å². The van der Waals surface area contributed by atoms with Gasteiger partial charge < -0.3 is 10.2 Å². The van der Waals surface area contributed by atoms with Crippen LogP contribution in [0.2, 0.25) is 5.02 Å². The van der Waals surface area contributed by atoms with Gasteiger partial charge in [0.15, 0.2) is 0 Å². The summed E-state index contributed by atoms with van der Waals surface area (Å²) in [7, 11) is -4.32. The van der Waals surface area contributed by atoms with E-state index >= 15 is 0 Å². The number of nitrogens with one attached hydrogen (secondary N) is 1. The minimum absolute atomic E-state index is 0.0577. The first-order valence-electron chi connectivity index (χ1n) is 11.2. The molecule has 7 nitrogen and oxygen atoms in total. The molecule has 1 atom stereocenters. The second-order valence-corrected chi connectivity index (χ2v) is 11.2. The Kier molecular flexibility index (Phi) is 9.95. The van der Waals surface area contributed by atoms with Gasteiger partial charge in [0.1, 0.15) is 18.4 Å². The molecule has 204 valence electrons. The van der Waals surface area contributed by atoms with Crippen LogP contribution in [0.25, 0.3) is 0 Å². The number of alkyl halides is 3. The summed E-state index contributed by atoms with van der Waals surface area (Å²) in [5.74, 6) is -2.08. The molecule has 0 saturated heterocycles. The maximum absolute atomic E-state index is 14.4. The first kappa shape index (κ1) is 30.4. The summed E-state index contributed by atoms with van der Waals surface area (Å²) in [4.78, 5) is 27.1. The van der Waals surface area contributed by atoms with Gasteiger partial charge in [0, 0.05) is 18.7 Å². The second-order valence-electron chi connectivity index (χ2n) is 8.86. The average molecular weight is 566 g/mol. The smallest absolute Gasteiger partial charge is 0.354 e. The zero-order chi connectivity index (χ0) is 28.1. The van der Waals surface area contributed by atoms with Crippen LogP contribution in [0.3, 0.4) is 0 Å². The molecule has 13 heteroatoms. The van der Waals surface area contributed by atoms with Crippen molar-refractivity contribution >= 4 is 39.1 Å². The Bertz CT molecular complexity index is 1240. The molecule has 0 aliphatic rings. The van der Waals surface area contributed by atoms with Crippen molar-refractivity contribution in [1.82, 2.24) is 10.2 Å². The molecule has 2 aromatic rings. The average Bonchev–Trinajstić information content (AvgIpc) is 2.79. The lowest BCUT2D eigenvalue weighted by Gasteiger charge is -2.32. The molecule has 0 fully saturated rings. The Labute approximate surface area is 218 Å². The van der Waals surface area contributed by atoms with Crippen LogP contribution < -0.4 is 9.62 Å². The first-order chi connectivity index (χ1) is 17.0. The molecule has 0 unspecified atom stereocenters. The van der Waals surface area contributed by atoms with Crippen molar-refractivity contribution in [3.05, 3.63) is 64.4 Å². The normalized spacial score (nSPS) is 12.8. The van der Waals surface area contributed by atoms with Crippen LogP contribution in [-0.2, 0) is 32.3 Å². The lowest BCUT2D eigenvalue weighted by atomic mass is 10.1. The predicted molar refractivity (Wildman–Crippen MR) is 133 cm³/mol. The summed E-state index contributed by atoms with van der Waals surface area (Å²) in [6.45, 7) is 4.02. The Hall–Kier alpha value is -2.86. The number of carbonyl (C=O) groups excluding carboxylic acids is 2. The van der Waals surface area contributed by atoms with E-state index in [1.54, 1.807) is 0 Å². The third-order valence-corrected chi connectivity index (χ3v) is 6.82. The topological polar surface area (TPSA) is 86.8 Å².